The maximum Gasteiger partial charge on any atom is 0.282 e. The van der Waals surface area contributed by atoms with E-state index in [0.29, 0.717) is 24.0 Å². The number of aryl methyl sites for hydroxylation is 1. The smallest absolute Gasteiger partial charge is 0.282 e. The summed E-state index contributed by atoms with van der Waals surface area (Å²) < 4.78 is 0. The Balaban J connectivity index is 1.55. The SMILES string of the molecule is Cc1ccc(CNC(=O)c2nnc(CN[C@@H](c3ccccc3)C(C)C)s2)cc1. The molecule has 0 spiro atoms. The van der Waals surface area contributed by atoms with Gasteiger partial charge in [-0.05, 0) is 24.0 Å². The third-order valence-corrected chi connectivity index (χ3v) is 5.46. The van der Waals surface area contributed by atoms with Crippen molar-refractivity contribution in [2.75, 3.05) is 0 Å². The van der Waals surface area contributed by atoms with Gasteiger partial charge in [0, 0.05) is 12.6 Å². The zero-order chi connectivity index (χ0) is 19.9. The number of hydrogen-bond donors (Lipinski definition) is 2. The van der Waals surface area contributed by atoms with Crippen molar-refractivity contribution < 1.29 is 4.79 Å². The van der Waals surface area contributed by atoms with Crippen LogP contribution in [0.5, 0.6) is 0 Å². The lowest BCUT2D eigenvalue weighted by molar-refractivity contribution is 0.0950. The zero-order valence-corrected chi connectivity index (χ0v) is 17.3. The van der Waals surface area contributed by atoms with E-state index in [1.807, 2.05) is 49.4 Å². The lowest BCUT2D eigenvalue weighted by Crippen LogP contribution is -2.25. The lowest BCUT2D eigenvalue weighted by Gasteiger charge is -2.22. The normalized spacial score (nSPS) is 12.1. The highest BCUT2D eigenvalue weighted by Gasteiger charge is 2.17. The largest absolute Gasteiger partial charge is 0.346 e. The van der Waals surface area contributed by atoms with E-state index in [-0.39, 0.29) is 11.9 Å². The van der Waals surface area contributed by atoms with E-state index in [0.717, 1.165) is 10.6 Å². The van der Waals surface area contributed by atoms with Crippen molar-refractivity contribution in [1.29, 1.82) is 0 Å². The molecule has 0 saturated carbocycles. The highest BCUT2D eigenvalue weighted by atomic mass is 32.1. The summed E-state index contributed by atoms with van der Waals surface area (Å²) in [6, 6.07) is 18.7. The molecule has 3 rings (SSSR count). The van der Waals surface area contributed by atoms with Gasteiger partial charge in [0.2, 0.25) is 5.01 Å². The fourth-order valence-corrected chi connectivity index (χ4v) is 3.68. The average Bonchev–Trinajstić information content (AvgIpc) is 3.17. The van der Waals surface area contributed by atoms with Crippen LogP contribution < -0.4 is 10.6 Å². The van der Waals surface area contributed by atoms with Gasteiger partial charge in [-0.25, -0.2) is 0 Å². The molecule has 1 heterocycles. The molecule has 1 atom stereocenters. The Kier molecular flexibility index (Phi) is 6.90. The molecule has 146 valence electrons. The highest BCUT2D eigenvalue weighted by molar-refractivity contribution is 7.13. The summed E-state index contributed by atoms with van der Waals surface area (Å²) in [7, 11) is 0. The van der Waals surface area contributed by atoms with E-state index in [4.69, 9.17) is 0 Å². The van der Waals surface area contributed by atoms with Gasteiger partial charge >= 0.3 is 0 Å². The van der Waals surface area contributed by atoms with E-state index >= 15 is 0 Å². The van der Waals surface area contributed by atoms with Crippen LogP contribution in [0, 0.1) is 12.8 Å². The summed E-state index contributed by atoms with van der Waals surface area (Å²) in [6.07, 6.45) is 0. The monoisotopic (exact) mass is 394 g/mol. The Bertz CT molecular complexity index is 890. The molecule has 6 heteroatoms. The standard InChI is InChI=1S/C22H26N4OS/c1-15(2)20(18-7-5-4-6-8-18)23-14-19-25-26-22(28-19)21(27)24-13-17-11-9-16(3)10-12-17/h4-12,15,20,23H,13-14H2,1-3H3,(H,24,27)/t20-/m1/s1. The number of rotatable bonds is 8. The van der Waals surface area contributed by atoms with Crippen molar-refractivity contribution in [3.8, 4) is 0 Å². The van der Waals surface area contributed by atoms with E-state index in [1.54, 1.807) is 0 Å². The van der Waals surface area contributed by atoms with Crippen LogP contribution in [0.15, 0.2) is 54.6 Å². The van der Waals surface area contributed by atoms with Crippen molar-refractivity contribution >= 4 is 17.2 Å². The van der Waals surface area contributed by atoms with Crippen LogP contribution in [0.1, 0.15) is 51.4 Å². The molecule has 5 nitrogen and oxygen atoms in total. The minimum absolute atomic E-state index is 0.187. The first-order chi connectivity index (χ1) is 13.5. The van der Waals surface area contributed by atoms with Crippen LogP contribution in [0.2, 0.25) is 0 Å². The number of amides is 1. The maximum absolute atomic E-state index is 12.3. The zero-order valence-electron chi connectivity index (χ0n) is 16.5. The van der Waals surface area contributed by atoms with Gasteiger partial charge in [-0.1, -0.05) is 85.3 Å². The number of hydrogen-bond acceptors (Lipinski definition) is 5. The number of benzene rings is 2. The first-order valence-electron chi connectivity index (χ1n) is 9.47. The lowest BCUT2D eigenvalue weighted by atomic mass is 9.96. The number of carbonyl (C=O) groups excluding carboxylic acids is 1. The van der Waals surface area contributed by atoms with Crippen molar-refractivity contribution in [3.05, 3.63) is 81.3 Å². The molecular formula is C22H26N4OS. The van der Waals surface area contributed by atoms with E-state index in [2.05, 4.69) is 46.8 Å². The Morgan fingerprint density at radius 3 is 2.39 bits per heavy atom. The number of aromatic nitrogens is 2. The van der Waals surface area contributed by atoms with Gasteiger partial charge in [0.25, 0.3) is 5.91 Å². The summed E-state index contributed by atoms with van der Waals surface area (Å²) in [5.41, 5.74) is 3.51. The summed E-state index contributed by atoms with van der Waals surface area (Å²) in [4.78, 5) is 12.3. The molecule has 3 aromatic rings. The highest BCUT2D eigenvalue weighted by Crippen LogP contribution is 2.22. The second-order valence-electron chi connectivity index (χ2n) is 7.18. The Labute approximate surface area is 170 Å². The first-order valence-corrected chi connectivity index (χ1v) is 10.3. The Hall–Kier alpha value is -2.57. The Morgan fingerprint density at radius 1 is 1.00 bits per heavy atom. The summed E-state index contributed by atoms with van der Waals surface area (Å²) in [6.45, 7) is 7.49. The van der Waals surface area contributed by atoms with Gasteiger partial charge < -0.3 is 10.6 Å². The van der Waals surface area contributed by atoms with E-state index < -0.39 is 0 Å². The molecule has 0 saturated heterocycles. The number of nitrogens with one attached hydrogen (secondary N) is 2. The summed E-state index contributed by atoms with van der Waals surface area (Å²) >= 11 is 1.33. The number of carbonyl (C=O) groups is 1. The molecule has 0 bridgehead atoms. The van der Waals surface area contributed by atoms with Gasteiger partial charge in [-0.3, -0.25) is 4.79 Å². The van der Waals surface area contributed by atoms with Crippen LogP contribution in [0.25, 0.3) is 0 Å². The summed E-state index contributed by atoms with van der Waals surface area (Å²) in [5, 5.41) is 15.9. The fourth-order valence-electron chi connectivity index (χ4n) is 2.98. The molecule has 1 aromatic heterocycles. The van der Waals surface area contributed by atoms with Crippen molar-refractivity contribution in [1.82, 2.24) is 20.8 Å². The van der Waals surface area contributed by atoms with Crippen molar-refractivity contribution in [3.63, 3.8) is 0 Å². The molecule has 0 unspecified atom stereocenters. The second-order valence-corrected chi connectivity index (χ2v) is 8.24. The van der Waals surface area contributed by atoms with E-state index in [9.17, 15) is 4.79 Å². The molecule has 0 aliphatic heterocycles. The van der Waals surface area contributed by atoms with Crippen LogP contribution in [-0.4, -0.2) is 16.1 Å². The molecule has 0 fully saturated rings. The van der Waals surface area contributed by atoms with Crippen LogP contribution >= 0.6 is 11.3 Å². The fraction of sp³-hybridized carbons (Fsp3) is 0.318. The van der Waals surface area contributed by atoms with Crippen LogP contribution in [0.4, 0.5) is 0 Å². The topological polar surface area (TPSA) is 66.9 Å². The first kappa shape index (κ1) is 20.2. The van der Waals surface area contributed by atoms with Gasteiger partial charge in [0.1, 0.15) is 5.01 Å². The minimum atomic E-state index is -0.187. The number of nitrogens with zero attached hydrogens (tertiary/aromatic N) is 2. The van der Waals surface area contributed by atoms with Crippen LogP contribution in [-0.2, 0) is 13.1 Å². The molecule has 1 amide bonds. The van der Waals surface area contributed by atoms with Crippen LogP contribution in [0.3, 0.4) is 0 Å². The minimum Gasteiger partial charge on any atom is -0.346 e. The molecular weight excluding hydrogens is 368 g/mol. The molecule has 28 heavy (non-hydrogen) atoms. The second kappa shape index (κ2) is 9.57. The molecule has 0 radical (unpaired) electrons. The van der Waals surface area contributed by atoms with Crippen molar-refractivity contribution in [2.45, 2.75) is 39.9 Å². The van der Waals surface area contributed by atoms with Gasteiger partial charge in [0.15, 0.2) is 0 Å². The molecule has 2 aromatic carbocycles. The quantitative estimate of drug-likeness (QED) is 0.599. The molecule has 0 aliphatic carbocycles. The maximum atomic E-state index is 12.3. The third-order valence-electron chi connectivity index (χ3n) is 4.53. The van der Waals surface area contributed by atoms with Gasteiger partial charge in [0.05, 0.1) is 6.54 Å². The van der Waals surface area contributed by atoms with E-state index in [1.165, 1.54) is 22.5 Å². The third kappa shape index (κ3) is 5.47. The summed E-state index contributed by atoms with van der Waals surface area (Å²) in [5.74, 6) is 0.250. The predicted octanol–water partition coefficient (Wildman–Crippen LogP) is 4.26. The average molecular weight is 395 g/mol. The predicted molar refractivity (Wildman–Crippen MR) is 113 cm³/mol. The van der Waals surface area contributed by atoms with Crippen molar-refractivity contribution in [2.24, 2.45) is 5.92 Å². The Morgan fingerprint density at radius 2 is 1.71 bits per heavy atom. The van der Waals surface area contributed by atoms with Gasteiger partial charge in [-0.2, -0.15) is 0 Å². The van der Waals surface area contributed by atoms with Gasteiger partial charge in [-0.15, -0.1) is 10.2 Å². The molecule has 2 N–H and O–H groups in total. The molecule has 0 aliphatic rings.